The van der Waals surface area contributed by atoms with Gasteiger partial charge in [0.25, 0.3) is 0 Å². The van der Waals surface area contributed by atoms with Gasteiger partial charge in [0.2, 0.25) is 0 Å². The lowest BCUT2D eigenvalue weighted by atomic mass is 9.77. The molecule has 23 heavy (non-hydrogen) atoms. The number of fused-ring (bicyclic) bond motifs is 3. The largest absolute Gasteiger partial charge is 0.465 e. The molecule has 0 radical (unpaired) electrons. The van der Waals surface area contributed by atoms with Crippen LogP contribution >= 0.6 is 0 Å². The number of benzene rings is 2. The number of nitrogens with one attached hydrogen (secondary N) is 1. The number of methoxy groups -OCH3 is 1. The molecule has 1 N–H and O–H groups in total. The molecule has 0 saturated heterocycles. The van der Waals surface area contributed by atoms with Crippen molar-refractivity contribution in [2.45, 2.75) is 18.4 Å². The standard InChI is InChI=1S/C20H19NO2/c1-23-20(22)14-11-9-13(10-12-14)19-17-7-4-6-15(17)16-5-2-3-8-18(16)21-19/h2-6,8-12,15,17,19,21H,7H2,1H3/t15-,17+,19-/m1/s1. The Balaban J connectivity index is 1.68. The molecule has 2 aromatic carbocycles. The Labute approximate surface area is 136 Å². The fourth-order valence-electron chi connectivity index (χ4n) is 3.82. The van der Waals surface area contributed by atoms with Gasteiger partial charge in [-0.25, -0.2) is 4.79 Å². The summed E-state index contributed by atoms with van der Waals surface area (Å²) in [5, 5.41) is 3.69. The molecule has 0 fully saturated rings. The van der Waals surface area contributed by atoms with E-state index in [0.717, 1.165) is 6.42 Å². The molecule has 2 aliphatic rings. The zero-order valence-electron chi connectivity index (χ0n) is 13.0. The SMILES string of the molecule is COC(=O)c1ccc([C@H]2Nc3ccccc3[C@H]3C=CC[C@@H]32)cc1. The van der Waals surface area contributed by atoms with Gasteiger partial charge in [0.05, 0.1) is 18.7 Å². The fourth-order valence-corrected chi connectivity index (χ4v) is 3.82. The molecule has 116 valence electrons. The monoisotopic (exact) mass is 305 g/mol. The fraction of sp³-hybridized carbons (Fsp3) is 0.250. The summed E-state index contributed by atoms with van der Waals surface area (Å²) in [5.41, 5.74) is 4.40. The van der Waals surface area contributed by atoms with E-state index in [2.05, 4.69) is 41.7 Å². The molecule has 0 aromatic heterocycles. The number of hydrogen-bond acceptors (Lipinski definition) is 3. The average Bonchev–Trinajstić information content (AvgIpc) is 3.10. The molecule has 2 aromatic rings. The van der Waals surface area contributed by atoms with E-state index in [9.17, 15) is 4.79 Å². The Morgan fingerprint density at radius 1 is 1.13 bits per heavy atom. The lowest BCUT2D eigenvalue weighted by Gasteiger charge is -2.37. The second-order valence-electron chi connectivity index (χ2n) is 6.18. The van der Waals surface area contributed by atoms with Crippen LogP contribution in [0.15, 0.2) is 60.7 Å². The van der Waals surface area contributed by atoms with Crippen molar-refractivity contribution in [3.8, 4) is 0 Å². The predicted octanol–water partition coefficient (Wildman–Crippen LogP) is 4.30. The highest BCUT2D eigenvalue weighted by atomic mass is 16.5. The van der Waals surface area contributed by atoms with Crippen LogP contribution in [0.3, 0.4) is 0 Å². The van der Waals surface area contributed by atoms with E-state index >= 15 is 0 Å². The van der Waals surface area contributed by atoms with Crippen molar-refractivity contribution in [1.29, 1.82) is 0 Å². The lowest BCUT2D eigenvalue weighted by Crippen LogP contribution is -2.29. The van der Waals surface area contributed by atoms with Crippen LogP contribution in [-0.2, 0) is 4.74 Å². The third kappa shape index (κ3) is 2.33. The first kappa shape index (κ1) is 14.1. The summed E-state index contributed by atoms with van der Waals surface area (Å²) in [6, 6.07) is 16.6. The molecule has 1 heterocycles. The van der Waals surface area contributed by atoms with Gasteiger partial charge in [-0.15, -0.1) is 0 Å². The van der Waals surface area contributed by atoms with Gasteiger partial charge in [-0.2, -0.15) is 0 Å². The number of carbonyl (C=O) groups excluding carboxylic acids is 1. The van der Waals surface area contributed by atoms with Crippen molar-refractivity contribution in [3.05, 3.63) is 77.4 Å². The molecule has 3 heteroatoms. The molecular formula is C20H19NO2. The topological polar surface area (TPSA) is 38.3 Å². The molecule has 0 saturated carbocycles. The van der Waals surface area contributed by atoms with Crippen LogP contribution in [-0.4, -0.2) is 13.1 Å². The lowest BCUT2D eigenvalue weighted by molar-refractivity contribution is 0.0600. The van der Waals surface area contributed by atoms with E-state index in [1.165, 1.54) is 23.9 Å². The number of anilines is 1. The van der Waals surface area contributed by atoms with Crippen molar-refractivity contribution in [2.75, 3.05) is 12.4 Å². The van der Waals surface area contributed by atoms with Gasteiger partial charge in [0, 0.05) is 11.6 Å². The normalized spacial score (nSPS) is 24.5. The van der Waals surface area contributed by atoms with Crippen molar-refractivity contribution < 1.29 is 9.53 Å². The number of esters is 1. The molecule has 0 unspecified atom stereocenters. The minimum atomic E-state index is -0.293. The van der Waals surface area contributed by atoms with Crippen LogP contribution in [0, 0.1) is 5.92 Å². The maximum Gasteiger partial charge on any atom is 0.337 e. The summed E-state index contributed by atoms with van der Waals surface area (Å²) < 4.78 is 4.77. The third-order valence-corrected chi connectivity index (χ3v) is 4.96. The minimum absolute atomic E-state index is 0.261. The second kappa shape index (κ2) is 5.58. The van der Waals surface area contributed by atoms with Crippen LogP contribution in [0.25, 0.3) is 0 Å². The van der Waals surface area contributed by atoms with Crippen LogP contribution in [0.5, 0.6) is 0 Å². The molecule has 0 amide bonds. The van der Waals surface area contributed by atoms with Crippen molar-refractivity contribution in [2.24, 2.45) is 5.92 Å². The highest BCUT2D eigenvalue weighted by Crippen LogP contribution is 2.49. The highest BCUT2D eigenvalue weighted by Gasteiger charge is 2.37. The quantitative estimate of drug-likeness (QED) is 0.664. The molecule has 3 nitrogen and oxygen atoms in total. The second-order valence-corrected chi connectivity index (χ2v) is 6.18. The van der Waals surface area contributed by atoms with E-state index in [4.69, 9.17) is 4.74 Å². The molecular weight excluding hydrogens is 286 g/mol. The highest BCUT2D eigenvalue weighted by molar-refractivity contribution is 5.89. The smallest absolute Gasteiger partial charge is 0.337 e. The van der Waals surface area contributed by atoms with Gasteiger partial charge in [-0.1, -0.05) is 42.5 Å². The van der Waals surface area contributed by atoms with Gasteiger partial charge in [0.15, 0.2) is 0 Å². The van der Waals surface area contributed by atoms with Crippen LogP contribution < -0.4 is 5.32 Å². The predicted molar refractivity (Wildman–Crippen MR) is 90.6 cm³/mol. The van der Waals surface area contributed by atoms with Crippen molar-refractivity contribution >= 4 is 11.7 Å². The Hall–Kier alpha value is -2.55. The van der Waals surface area contributed by atoms with Gasteiger partial charge in [-0.05, 0) is 41.7 Å². The first-order chi connectivity index (χ1) is 11.3. The third-order valence-electron chi connectivity index (χ3n) is 4.96. The van der Waals surface area contributed by atoms with Crippen LogP contribution in [0.1, 0.15) is 39.9 Å². The van der Waals surface area contributed by atoms with E-state index in [-0.39, 0.29) is 12.0 Å². The van der Waals surface area contributed by atoms with E-state index in [1.807, 2.05) is 24.3 Å². The zero-order chi connectivity index (χ0) is 15.8. The van der Waals surface area contributed by atoms with Gasteiger partial charge >= 0.3 is 5.97 Å². The number of carbonyl (C=O) groups is 1. The van der Waals surface area contributed by atoms with Crippen LogP contribution in [0.2, 0.25) is 0 Å². The Morgan fingerprint density at radius 2 is 1.91 bits per heavy atom. The van der Waals surface area contributed by atoms with Crippen molar-refractivity contribution in [1.82, 2.24) is 0 Å². The van der Waals surface area contributed by atoms with Crippen molar-refractivity contribution in [3.63, 3.8) is 0 Å². The molecule has 1 aliphatic carbocycles. The summed E-state index contributed by atoms with van der Waals surface area (Å²) in [4.78, 5) is 11.6. The summed E-state index contributed by atoms with van der Waals surface area (Å²) in [6.07, 6.45) is 5.70. The number of hydrogen-bond donors (Lipinski definition) is 1. The van der Waals surface area contributed by atoms with E-state index < -0.39 is 0 Å². The summed E-state index contributed by atoms with van der Waals surface area (Å²) in [5.74, 6) is 0.700. The Kier molecular flexibility index (Phi) is 3.41. The Bertz CT molecular complexity index is 763. The maximum atomic E-state index is 11.6. The molecule has 3 atom stereocenters. The maximum absolute atomic E-state index is 11.6. The number of para-hydroxylation sites is 1. The van der Waals surface area contributed by atoms with Crippen LogP contribution in [0.4, 0.5) is 5.69 Å². The molecule has 4 rings (SSSR count). The number of ether oxygens (including phenoxy) is 1. The first-order valence-corrected chi connectivity index (χ1v) is 7.98. The van der Waals surface area contributed by atoms with E-state index in [0.29, 0.717) is 17.4 Å². The summed E-state index contributed by atoms with van der Waals surface area (Å²) in [6.45, 7) is 0. The zero-order valence-corrected chi connectivity index (χ0v) is 13.0. The minimum Gasteiger partial charge on any atom is -0.465 e. The molecule has 1 aliphatic heterocycles. The molecule has 0 spiro atoms. The summed E-state index contributed by atoms with van der Waals surface area (Å²) in [7, 11) is 1.41. The van der Waals surface area contributed by atoms with Gasteiger partial charge in [-0.3, -0.25) is 0 Å². The van der Waals surface area contributed by atoms with Gasteiger partial charge < -0.3 is 10.1 Å². The Morgan fingerprint density at radius 3 is 2.70 bits per heavy atom. The van der Waals surface area contributed by atoms with E-state index in [1.54, 1.807) is 0 Å². The number of rotatable bonds is 2. The summed E-state index contributed by atoms with van der Waals surface area (Å²) >= 11 is 0. The van der Waals surface area contributed by atoms with Gasteiger partial charge in [0.1, 0.15) is 0 Å². The first-order valence-electron chi connectivity index (χ1n) is 7.98. The average molecular weight is 305 g/mol. The number of allylic oxidation sites excluding steroid dienone is 2. The molecule has 0 bridgehead atoms.